The summed E-state index contributed by atoms with van der Waals surface area (Å²) in [5.74, 6) is -0.622. The van der Waals surface area contributed by atoms with Gasteiger partial charge in [0.15, 0.2) is 5.78 Å². The molecule has 0 spiro atoms. The number of amides is 2. The van der Waals surface area contributed by atoms with Crippen LogP contribution in [-0.2, 0) is 27.4 Å². The van der Waals surface area contributed by atoms with Crippen molar-refractivity contribution in [2.45, 2.75) is 51.8 Å². The third-order valence-electron chi connectivity index (χ3n) is 4.80. The molecule has 2 N–H and O–H groups in total. The van der Waals surface area contributed by atoms with Gasteiger partial charge in [-0.25, -0.2) is 4.79 Å². The number of ketones is 1. The molecule has 0 saturated carbocycles. The van der Waals surface area contributed by atoms with Gasteiger partial charge in [0, 0.05) is 6.92 Å². The molecule has 6 nitrogen and oxygen atoms in total. The largest absolute Gasteiger partial charge is 0.445 e. The third kappa shape index (κ3) is 9.03. The van der Waals surface area contributed by atoms with Crippen molar-refractivity contribution in [3.05, 3.63) is 78.7 Å². The first kappa shape index (κ1) is 24.1. The van der Waals surface area contributed by atoms with Crippen molar-refractivity contribution in [3.63, 3.8) is 0 Å². The Morgan fingerprint density at radius 2 is 1.45 bits per heavy atom. The average molecular weight is 424 g/mol. The van der Waals surface area contributed by atoms with E-state index in [2.05, 4.69) is 17.6 Å². The van der Waals surface area contributed by atoms with E-state index >= 15 is 0 Å². The van der Waals surface area contributed by atoms with E-state index in [0.29, 0.717) is 19.3 Å². The van der Waals surface area contributed by atoms with Gasteiger partial charge in [-0.05, 0) is 36.3 Å². The van der Waals surface area contributed by atoms with Crippen molar-refractivity contribution in [2.75, 3.05) is 0 Å². The number of hydrogen-bond acceptors (Lipinski definition) is 4. The number of benzene rings is 2. The molecule has 0 heterocycles. The number of rotatable bonds is 11. The second-order valence-corrected chi connectivity index (χ2v) is 7.94. The first-order valence-electron chi connectivity index (χ1n) is 10.5. The van der Waals surface area contributed by atoms with E-state index in [0.717, 1.165) is 11.1 Å². The summed E-state index contributed by atoms with van der Waals surface area (Å²) in [6.07, 6.45) is 0.814. The maximum absolute atomic E-state index is 12.9. The van der Waals surface area contributed by atoms with E-state index in [1.165, 1.54) is 0 Å². The highest BCUT2D eigenvalue weighted by Crippen LogP contribution is 2.09. The molecule has 165 valence electrons. The molecule has 1 radical (unpaired) electrons. The Morgan fingerprint density at radius 1 is 0.871 bits per heavy atom. The Balaban J connectivity index is 1.94. The predicted octanol–water partition coefficient (Wildman–Crippen LogP) is 3.85. The fourth-order valence-electron chi connectivity index (χ4n) is 3.15. The summed E-state index contributed by atoms with van der Waals surface area (Å²) in [4.78, 5) is 37.1. The molecule has 2 amide bonds. The quantitative estimate of drug-likeness (QED) is 0.575. The van der Waals surface area contributed by atoms with E-state index in [9.17, 15) is 14.4 Å². The van der Waals surface area contributed by atoms with E-state index in [1.54, 1.807) is 0 Å². The lowest BCUT2D eigenvalue weighted by atomic mass is 10.00. The van der Waals surface area contributed by atoms with Crippen LogP contribution in [-0.4, -0.2) is 29.9 Å². The van der Waals surface area contributed by atoms with Crippen LogP contribution in [0.3, 0.4) is 0 Å². The Kier molecular flexibility index (Phi) is 9.75. The number of ether oxygens (including phenoxy) is 1. The summed E-state index contributed by atoms with van der Waals surface area (Å²) in [7, 11) is 0. The van der Waals surface area contributed by atoms with Crippen molar-refractivity contribution >= 4 is 17.8 Å². The lowest BCUT2D eigenvalue weighted by Gasteiger charge is -2.23. The molecule has 0 saturated heterocycles. The zero-order valence-electron chi connectivity index (χ0n) is 18.2. The van der Waals surface area contributed by atoms with Gasteiger partial charge in [-0.15, -0.1) is 0 Å². The first-order valence-corrected chi connectivity index (χ1v) is 10.5. The zero-order chi connectivity index (χ0) is 22.6. The lowest BCUT2D eigenvalue weighted by Crippen LogP contribution is -2.52. The van der Waals surface area contributed by atoms with Crippen molar-refractivity contribution < 1.29 is 19.1 Å². The van der Waals surface area contributed by atoms with Gasteiger partial charge in [0.1, 0.15) is 12.6 Å². The summed E-state index contributed by atoms with van der Waals surface area (Å²) in [6.45, 7) is 7.50. The monoisotopic (exact) mass is 423 g/mol. The molecule has 0 aromatic heterocycles. The predicted molar refractivity (Wildman–Crippen MR) is 120 cm³/mol. The van der Waals surface area contributed by atoms with Gasteiger partial charge in [-0.1, -0.05) is 74.5 Å². The number of alkyl carbamates (subject to hydrolysis) is 1. The molecule has 0 fully saturated rings. The highest BCUT2D eigenvalue weighted by Gasteiger charge is 2.26. The summed E-state index contributed by atoms with van der Waals surface area (Å²) in [5.41, 5.74) is 1.93. The van der Waals surface area contributed by atoms with Gasteiger partial charge in [-0.2, -0.15) is 0 Å². The van der Waals surface area contributed by atoms with Crippen LogP contribution in [0.2, 0.25) is 0 Å². The number of carbonyl (C=O) groups is 3. The molecule has 0 aliphatic carbocycles. The van der Waals surface area contributed by atoms with Crippen molar-refractivity contribution in [2.24, 2.45) is 5.92 Å². The minimum Gasteiger partial charge on any atom is -0.445 e. The second-order valence-electron chi connectivity index (χ2n) is 7.94. The summed E-state index contributed by atoms with van der Waals surface area (Å²) >= 11 is 0. The Bertz CT molecular complexity index is 837. The van der Waals surface area contributed by atoms with Gasteiger partial charge < -0.3 is 15.4 Å². The second kappa shape index (κ2) is 12.5. The molecule has 0 bridgehead atoms. The fraction of sp³-hybridized carbons (Fsp3) is 0.360. The number of carbonyl (C=O) groups excluding carboxylic acids is 3. The molecule has 6 heteroatoms. The molecule has 2 aromatic rings. The van der Waals surface area contributed by atoms with Crippen LogP contribution in [0.15, 0.2) is 60.7 Å². The molecule has 2 atom stereocenters. The van der Waals surface area contributed by atoms with Crippen LogP contribution in [0.1, 0.15) is 37.8 Å². The Morgan fingerprint density at radius 3 is 2.00 bits per heavy atom. The molecule has 2 aromatic carbocycles. The molecule has 31 heavy (non-hydrogen) atoms. The number of aryl methyl sites for hydroxylation is 1. The number of nitrogens with one attached hydrogen (secondary N) is 2. The van der Waals surface area contributed by atoms with Crippen LogP contribution in [0.25, 0.3) is 0 Å². The van der Waals surface area contributed by atoms with E-state index in [1.807, 2.05) is 74.5 Å². The summed E-state index contributed by atoms with van der Waals surface area (Å²) in [6, 6.07) is 17.5. The Labute approximate surface area is 184 Å². The highest BCUT2D eigenvalue weighted by atomic mass is 16.5. The summed E-state index contributed by atoms with van der Waals surface area (Å²) < 4.78 is 5.24. The molecule has 0 unspecified atom stereocenters. The van der Waals surface area contributed by atoms with Crippen molar-refractivity contribution in [1.29, 1.82) is 0 Å². The van der Waals surface area contributed by atoms with Crippen molar-refractivity contribution in [1.82, 2.24) is 10.6 Å². The van der Waals surface area contributed by atoms with Gasteiger partial charge in [0.05, 0.1) is 6.04 Å². The van der Waals surface area contributed by atoms with Gasteiger partial charge in [-0.3, -0.25) is 9.59 Å². The van der Waals surface area contributed by atoms with E-state index in [4.69, 9.17) is 4.74 Å². The van der Waals surface area contributed by atoms with Crippen LogP contribution in [0.5, 0.6) is 0 Å². The SMILES string of the molecule is [CH2]C(=O)[C@H](CCc1ccccc1)NC(=O)[C@H](CC(C)C)NC(=O)OCc1ccccc1. The topological polar surface area (TPSA) is 84.5 Å². The molecule has 0 aliphatic heterocycles. The maximum Gasteiger partial charge on any atom is 0.408 e. The smallest absolute Gasteiger partial charge is 0.408 e. The normalized spacial score (nSPS) is 12.6. The number of hydrogen-bond donors (Lipinski definition) is 2. The zero-order valence-corrected chi connectivity index (χ0v) is 18.2. The van der Waals surface area contributed by atoms with Crippen molar-refractivity contribution in [3.8, 4) is 0 Å². The van der Waals surface area contributed by atoms with Crippen LogP contribution >= 0.6 is 0 Å². The van der Waals surface area contributed by atoms with Gasteiger partial charge in [0.2, 0.25) is 5.91 Å². The highest BCUT2D eigenvalue weighted by molar-refractivity contribution is 5.94. The van der Waals surface area contributed by atoms with Crippen LogP contribution in [0.4, 0.5) is 4.79 Å². The number of Topliss-reactive ketones (excluding diaryl/α,β-unsaturated/α-hetero) is 1. The first-order chi connectivity index (χ1) is 14.8. The lowest BCUT2D eigenvalue weighted by molar-refractivity contribution is -0.127. The Hall–Kier alpha value is -3.15. The standard InChI is InChI=1S/C25H31N2O4/c1-18(2)16-23(27-25(30)31-17-21-12-8-5-9-13-21)24(29)26-22(19(3)28)15-14-20-10-6-4-7-11-20/h4-13,18,22-23H,3,14-17H2,1-2H3,(H,26,29)(H,27,30)/t22-,23-/m0/s1. The molecular formula is C25H31N2O4. The molecular weight excluding hydrogens is 392 g/mol. The molecule has 2 rings (SSSR count). The van der Waals surface area contributed by atoms with E-state index < -0.39 is 24.1 Å². The maximum atomic E-state index is 12.9. The van der Waals surface area contributed by atoms with Gasteiger partial charge in [0.25, 0.3) is 0 Å². The van der Waals surface area contributed by atoms with E-state index in [-0.39, 0.29) is 18.3 Å². The minimum atomic E-state index is -0.804. The van der Waals surface area contributed by atoms with Crippen LogP contribution in [0, 0.1) is 12.8 Å². The fourth-order valence-corrected chi connectivity index (χ4v) is 3.15. The molecule has 0 aliphatic rings. The third-order valence-corrected chi connectivity index (χ3v) is 4.80. The van der Waals surface area contributed by atoms with Gasteiger partial charge >= 0.3 is 6.09 Å². The average Bonchev–Trinajstić information content (AvgIpc) is 2.75. The summed E-state index contributed by atoms with van der Waals surface area (Å²) in [5, 5.41) is 5.38. The minimum absolute atomic E-state index is 0.111. The van der Waals surface area contributed by atoms with Crippen LogP contribution < -0.4 is 10.6 Å².